The van der Waals surface area contributed by atoms with Crippen LogP contribution in [0.4, 0.5) is 0 Å². The SMILES string of the molecule is C=CCCCCCCCCCC/C=N/C. The minimum atomic E-state index is 1.16. The van der Waals surface area contributed by atoms with Crippen molar-refractivity contribution in [2.75, 3.05) is 7.05 Å². The lowest BCUT2D eigenvalue weighted by Gasteiger charge is -2.00. The second-order valence-electron chi connectivity index (χ2n) is 4.14. The van der Waals surface area contributed by atoms with Crippen molar-refractivity contribution in [2.45, 2.75) is 64.2 Å². The Morgan fingerprint density at radius 2 is 1.27 bits per heavy atom. The number of nitrogens with zero attached hydrogens (tertiary/aromatic N) is 1. The van der Waals surface area contributed by atoms with Crippen LogP contribution in [0.3, 0.4) is 0 Å². The maximum absolute atomic E-state index is 3.98. The Balaban J connectivity index is 2.89. The fourth-order valence-corrected chi connectivity index (χ4v) is 1.71. The minimum Gasteiger partial charge on any atom is -0.301 e. The summed E-state index contributed by atoms with van der Waals surface area (Å²) in [5.74, 6) is 0. The van der Waals surface area contributed by atoms with E-state index in [9.17, 15) is 0 Å². The van der Waals surface area contributed by atoms with E-state index in [4.69, 9.17) is 0 Å². The van der Waals surface area contributed by atoms with Crippen LogP contribution >= 0.6 is 0 Å². The first-order chi connectivity index (χ1) is 7.41. The lowest BCUT2D eigenvalue weighted by Crippen LogP contribution is -1.82. The topological polar surface area (TPSA) is 12.4 Å². The molecule has 0 aliphatic rings. The first kappa shape index (κ1) is 14.4. The average Bonchev–Trinajstić information content (AvgIpc) is 2.26. The molecule has 0 aliphatic carbocycles. The Morgan fingerprint density at radius 1 is 0.800 bits per heavy atom. The van der Waals surface area contributed by atoms with Gasteiger partial charge in [-0.15, -0.1) is 6.58 Å². The Labute approximate surface area is 95.7 Å². The normalized spacial score (nSPS) is 11.0. The second kappa shape index (κ2) is 13.4. The molecule has 1 heteroatoms. The fourth-order valence-electron chi connectivity index (χ4n) is 1.71. The summed E-state index contributed by atoms with van der Waals surface area (Å²) in [7, 11) is 1.85. The Morgan fingerprint density at radius 3 is 1.73 bits per heavy atom. The van der Waals surface area contributed by atoms with Gasteiger partial charge in [-0.05, 0) is 31.9 Å². The van der Waals surface area contributed by atoms with Gasteiger partial charge in [0.15, 0.2) is 0 Å². The standard InChI is InChI=1S/C14H27N/c1-3-4-5-6-7-8-9-10-11-12-13-14-15-2/h3,14H,1,4-13H2,2H3/b15-14+. The molecule has 0 aliphatic heterocycles. The molecule has 0 fully saturated rings. The van der Waals surface area contributed by atoms with E-state index in [0.717, 1.165) is 6.42 Å². The van der Waals surface area contributed by atoms with Gasteiger partial charge in [-0.3, -0.25) is 0 Å². The van der Waals surface area contributed by atoms with Crippen molar-refractivity contribution in [1.29, 1.82) is 0 Å². The van der Waals surface area contributed by atoms with Gasteiger partial charge in [0, 0.05) is 7.05 Å². The number of hydrogen-bond donors (Lipinski definition) is 0. The highest BCUT2D eigenvalue weighted by molar-refractivity contribution is 5.56. The van der Waals surface area contributed by atoms with Gasteiger partial charge in [-0.25, -0.2) is 0 Å². The zero-order valence-electron chi connectivity index (χ0n) is 10.4. The number of aliphatic imine (C=N–C) groups is 1. The Bertz CT molecular complexity index is 149. The van der Waals surface area contributed by atoms with Gasteiger partial charge in [0.2, 0.25) is 0 Å². The molecule has 0 aromatic carbocycles. The highest BCUT2D eigenvalue weighted by Gasteiger charge is 1.91. The van der Waals surface area contributed by atoms with E-state index >= 15 is 0 Å². The van der Waals surface area contributed by atoms with Crippen LogP contribution in [0.2, 0.25) is 0 Å². The van der Waals surface area contributed by atoms with Crippen LogP contribution in [-0.4, -0.2) is 13.3 Å². The van der Waals surface area contributed by atoms with Crippen LogP contribution in [0, 0.1) is 0 Å². The Kier molecular flexibility index (Phi) is 12.9. The summed E-state index contributed by atoms with van der Waals surface area (Å²) in [6.07, 6.45) is 17.4. The molecule has 0 radical (unpaired) electrons. The van der Waals surface area contributed by atoms with E-state index in [1.165, 1.54) is 57.8 Å². The van der Waals surface area contributed by atoms with Crippen LogP contribution in [0.15, 0.2) is 17.6 Å². The van der Waals surface area contributed by atoms with Crippen molar-refractivity contribution >= 4 is 6.21 Å². The molecular formula is C14H27N. The predicted octanol–water partition coefficient (Wildman–Crippen LogP) is 4.77. The minimum absolute atomic E-state index is 1.16. The van der Waals surface area contributed by atoms with Gasteiger partial charge >= 0.3 is 0 Å². The molecule has 0 aromatic heterocycles. The Hall–Kier alpha value is -0.590. The molecule has 1 nitrogen and oxygen atoms in total. The van der Waals surface area contributed by atoms with Crippen molar-refractivity contribution in [1.82, 2.24) is 0 Å². The third-order valence-electron chi connectivity index (χ3n) is 2.67. The van der Waals surface area contributed by atoms with Crippen LogP contribution in [0.25, 0.3) is 0 Å². The van der Waals surface area contributed by atoms with Crippen LogP contribution in [0.5, 0.6) is 0 Å². The largest absolute Gasteiger partial charge is 0.301 e. The molecule has 0 atom stereocenters. The van der Waals surface area contributed by atoms with E-state index in [1.807, 2.05) is 19.3 Å². The van der Waals surface area contributed by atoms with Crippen LogP contribution in [0.1, 0.15) is 64.2 Å². The maximum atomic E-state index is 3.98. The molecule has 0 rings (SSSR count). The van der Waals surface area contributed by atoms with Crippen molar-refractivity contribution in [3.05, 3.63) is 12.7 Å². The molecule has 0 saturated carbocycles. The predicted molar refractivity (Wildman–Crippen MR) is 70.8 cm³/mol. The van der Waals surface area contributed by atoms with Gasteiger partial charge in [0.1, 0.15) is 0 Å². The van der Waals surface area contributed by atoms with E-state index < -0.39 is 0 Å². The van der Waals surface area contributed by atoms with E-state index in [2.05, 4.69) is 11.6 Å². The quantitative estimate of drug-likeness (QED) is 0.264. The highest BCUT2D eigenvalue weighted by atomic mass is 14.6. The van der Waals surface area contributed by atoms with E-state index in [1.54, 1.807) is 0 Å². The van der Waals surface area contributed by atoms with Crippen molar-refractivity contribution in [3.8, 4) is 0 Å². The molecule has 0 unspecified atom stereocenters. The van der Waals surface area contributed by atoms with Crippen molar-refractivity contribution in [2.24, 2.45) is 4.99 Å². The lowest BCUT2D eigenvalue weighted by atomic mass is 10.1. The summed E-state index contributed by atoms with van der Waals surface area (Å²) in [6.45, 7) is 3.73. The molecule has 0 spiro atoms. The summed E-state index contributed by atoms with van der Waals surface area (Å²) in [6, 6.07) is 0. The average molecular weight is 209 g/mol. The third-order valence-corrected chi connectivity index (χ3v) is 2.67. The number of unbranched alkanes of at least 4 members (excludes halogenated alkanes) is 9. The number of hydrogen-bond acceptors (Lipinski definition) is 1. The first-order valence-corrected chi connectivity index (χ1v) is 6.43. The number of rotatable bonds is 11. The molecule has 0 aromatic rings. The summed E-state index contributed by atoms with van der Waals surface area (Å²) < 4.78 is 0. The summed E-state index contributed by atoms with van der Waals surface area (Å²) in [5, 5.41) is 0. The smallest absolute Gasteiger partial charge is 0.0273 e. The van der Waals surface area contributed by atoms with Crippen molar-refractivity contribution < 1.29 is 0 Å². The van der Waals surface area contributed by atoms with Crippen molar-refractivity contribution in [3.63, 3.8) is 0 Å². The summed E-state index contributed by atoms with van der Waals surface area (Å²) >= 11 is 0. The van der Waals surface area contributed by atoms with Gasteiger partial charge in [-0.2, -0.15) is 0 Å². The lowest BCUT2D eigenvalue weighted by molar-refractivity contribution is 0.574. The van der Waals surface area contributed by atoms with Gasteiger partial charge in [0.25, 0.3) is 0 Å². The van der Waals surface area contributed by atoms with Gasteiger partial charge < -0.3 is 4.99 Å². The first-order valence-electron chi connectivity index (χ1n) is 6.43. The molecule has 0 heterocycles. The molecule has 88 valence electrons. The molecule has 0 amide bonds. The van der Waals surface area contributed by atoms with Gasteiger partial charge in [0.05, 0.1) is 0 Å². The molecule has 0 saturated heterocycles. The van der Waals surface area contributed by atoms with Crippen LogP contribution < -0.4 is 0 Å². The molecule has 0 bridgehead atoms. The number of allylic oxidation sites excluding steroid dienone is 1. The third kappa shape index (κ3) is 13.4. The molecule has 15 heavy (non-hydrogen) atoms. The second-order valence-corrected chi connectivity index (χ2v) is 4.14. The summed E-state index contributed by atoms with van der Waals surface area (Å²) in [4.78, 5) is 3.98. The zero-order chi connectivity index (χ0) is 11.2. The van der Waals surface area contributed by atoms with E-state index in [0.29, 0.717) is 0 Å². The van der Waals surface area contributed by atoms with Gasteiger partial charge in [-0.1, -0.05) is 44.6 Å². The fraction of sp³-hybridized carbons (Fsp3) is 0.786. The molecular weight excluding hydrogens is 182 g/mol. The van der Waals surface area contributed by atoms with Crippen LogP contribution in [-0.2, 0) is 0 Å². The monoisotopic (exact) mass is 209 g/mol. The zero-order valence-corrected chi connectivity index (χ0v) is 10.4. The van der Waals surface area contributed by atoms with E-state index in [-0.39, 0.29) is 0 Å². The summed E-state index contributed by atoms with van der Waals surface area (Å²) in [5.41, 5.74) is 0. The maximum Gasteiger partial charge on any atom is 0.0273 e. The highest BCUT2D eigenvalue weighted by Crippen LogP contribution is 2.10. The molecule has 0 N–H and O–H groups in total.